The van der Waals surface area contributed by atoms with E-state index >= 15 is 0 Å². The highest BCUT2D eigenvalue weighted by Gasteiger charge is 2.16. The van der Waals surface area contributed by atoms with Crippen LogP contribution in [0, 0.1) is 0 Å². The largest absolute Gasteiger partial charge is 0.338 e. The second kappa shape index (κ2) is 5.17. The van der Waals surface area contributed by atoms with Gasteiger partial charge in [-0.1, -0.05) is 29.8 Å². The zero-order valence-corrected chi connectivity index (χ0v) is 12.3. The van der Waals surface area contributed by atoms with E-state index in [0.29, 0.717) is 0 Å². The third-order valence-electron chi connectivity index (χ3n) is 3.48. The molecule has 0 saturated carbocycles. The third-order valence-corrected chi connectivity index (χ3v) is 3.71. The van der Waals surface area contributed by atoms with Crippen LogP contribution in [0.2, 0.25) is 5.02 Å². The molecular weight excluding hydrogens is 270 g/mol. The number of aromatic nitrogens is 2. The van der Waals surface area contributed by atoms with Gasteiger partial charge in [-0.3, -0.25) is 4.68 Å². The van der Waals surface area contributed by atoms with Crippen LogP contribution in [0.1, 0.15) is 12.5 Å². The van der Waals surface area contributed by atoms with E-state index in [0.717, 1.165) is 22.8 Å². The minimum absolute atomic E-state index is 0.766. The van der Waals surface area contributed by atoms with Gasteiger partial charge in [-0.15, -0.1) is 0 Å². The maximum absolute atomic E-state index is 6.08. The molecule has 0 bridgehead atoms. The van der Waals surface area contributed by atoms with Crippen molar-refractivity contribution in [1.29, 1.82) is 0 Å². The van der Waals surface area contributed by atoms with Crippen molar-refractivity contribution >= 4 is 22.9 Å². The van der Waals surface area contributed by atoms with Gasteiger partial charge >= 0.3 is 0 Å². The molecule has 3 rings (SSSR count). The molecule has 102 valence electrons. The number of hydrogen-bond donors (Lipinski definition) is 0. The lowest BCUT2D eigenvalue weighted by molar-refractivity contribution is 0.767. The van der Waals surface area contributed by atoms with Gasteiger partial charge in [-0.2, -0.15) is 5.10 Å². The van der Waals surface area contributed by atoms with Gasteiger partial charge in [0, 0.05) is 30.5 Å². The van der Waals surface area contributed by atoms with Crippen molar-refractivity contribution in [2.45, 2.75) is 6.92 Å². The molecule has 2 aromatic rings. The molecule has 20 heavy (non-hydrogen) atoms. The zero-order chi connectivity index (χ0) is 14.1. The summed E-state index contributed by atoms with van der Waals surface area (Å²) in [5, 5.41) is 5.01. The molecule has 2 heterocycles. The van der Waals surface area contributed by atoms with E-state index in [-0.39, 0.29) is 0 Å². The van der Waals surface area contributed by atoms with Crippen molar-refractivity contribution in [2.75, 3.05) is 11.4 Å². The Bertz CT molecular complexity index is 697. The minimum atomic E-state index is 0.766. The predicted octanol–water partition coefficient (Wildman–Crippen LogP) is 3.88. The first-order chi connectivity index (χ1) is 9.63. The summed E-state index contributed by atoms with van der Waals surface area (Å²) in [4.78, 5) is 2.25. The lowest BCUT2D eigenvalue weighted by Crippen LogP contribution is -2.25. The quantitative estimate of drug-likeness (QED) is 0.835. The van der Waals surface area contributed by atoms with Gasteiger partial charge in [-0.05, 0) is 36.3 Å². The van der Waals surface area contributed by atoms with Crippen LogP contribution in [0.4, 0.5) is 5.69 Å². The Morgan fingerprint density at radius 2 is 2.10 bits per heavy atom. The molecule has 1 aliphatic heterocycles. The van der Waals surface area contributed by atoms with Crippen LogP contribution < -0.4 is 4.90 Å². The number of aryl methyl sites for hydroxylation is 1. The molecule has 0 unspecified atom stereocenters. The number of nitrogens with zero attached hydrogens (tertiary/aromatic N) is 3. The maximum Gasteiger partial charge on any atom is 0.0797 e. The number of rotatable bonds is 2. The first kappa shape index (κ1) is 13.0. The average Bonchev–Trinajstić information content (AvgIpc) is 2.86. The summed E-state index contributed by atoms with van der Waals surface area (Å²) < 4.78 is 1.82. The maximum atomic E-state index is 6.08. The topological polar surface area (TPSA) is 21.1 Å². The molecule has 4 heteroatoms. The van der Waals surface area contributed by atoms with Crippen molar-refractivity contribution in [1.82, 2.24) is 9.78 Å². The molecule has 0 N–H and O–H groups in total. The standard InChI is InChI=1S/C16H16ClN3/c1-12-6-7-14(13-4-3-5-15(17)8-13)10-20(12)16-9-18-19(2)11-16/h3-9,11H,10H2,1-2H3. The van der Waals surface area contributed by atoms with Crippen molar-refractivity contribution in [3.05, 3.63) is 65.1 Å². The molecule has 3 nitrogen and oxygen atoms in total. The second-order valence-corrected chi connectivity index (χ2v) is 5.41. The summed E-state index contributed by atoms with van der Waals surface area (Å²) in [7, 11) is 1.93. The highest BCUT2D eigenvalue weighted by molar-refractivity contribution is 6.30. The number of halogens is 1. The van der Waals surface area contributed by atoms with E-state index in [1.165, 1.54) is 11.3 Å². The summed E-state index contributed by atoms with van der Waals surface area (Å²) in [6.45, 7) is 2.94. The summed E-state index contributed by atoms with van der Waals surface area (Å²) in [6, 6.07) is 7.98. The Balaban J connectivity index is 1.92. The number of benzene rings is 1. The Labute approximate surface area is 123 Å². The highest BCUT2D eigenvalue weighted by Crippen LogP contribution is 2.28. The molecular formula is C16H16ClN3. The van der Waals surface area contributed by atoms with Crippen LogP contribution >= 0.6 is 11.6 Å². The Kier molecular flexibility index (Phi) is 3.36. The van der Waals surface area contributed by atoms with E-state index in [2.05, 4.69) is 35.1 Å². The Morgan fingerprint density at radius 3 is 2.80 bits per heavy atom. The van der Waals surface area contributed by atoms with Gasteiger partial charge in [0.15, 0.2) is 0 Å². The molecule has 0 spiro atoms. The van der Waals surface area contributed by atoms with E-state index in [1.807, 2.05) is 42.3 Å². The van der Waals surface area contributed by atoms with Gasteiger partial charge < -0.3 is 4.90 Å². The first-order valence-electron chi connectivity index (χ1n) is 6.53. The van der Waals surface area contributed by atoms with Crippen LogP contribution in [-0.2, 0) is 7.05 Å². The number of anilines is 1. The van der Waals surface area contributed by atoms with E-state index in [9.17, 15) is 0 Å². The van der Waals surface area contributed by atoms with Gasteiger partial charge in [0.25, 0.3) is 0 Å². The molecule has 1 aromatic carbocycles. The van der Waals surface area contributed by atoms with Crippen molar-refractivity contribution in [2.24, 2.45) is 7.05 Å². The van der Waals surface area contributed by atoms with Crippen LogP contribution in [0.25, 0.3) is 5.57 Å². The van der Waals surface area contributed by atoms with Crippen molar-refractivity contribution in [3.8, 4) is 0 Å². The van der Waals surface area contributed by atoms with Crippen molar-refractivity contribution < 1.29 is 0 Å². The van der Waals surface area contributed by atoms with Crippen LogP contribution in [0.3, 0.4) is 0 Å². The molecule has 0 aliphatic carbocycles. The SMILES string of the molecule is CC1=CC=C(c2cccc(Cl)c2)CN1c1cnn(C)c1. The van der Waals surface area contributed by atoms with E-state index in [4.69, 9.17) is 11.6 Å². The molecule has 0 fully saturated rings. The van der Waals surface area contributed by atoms with Crippen LogP contribution in [0.15, 0.2) is 54.5 Å². The molecule has 0 radical (unpaired) electrons. The molecule has 1 aromatic heterocycles. The monoisotopic (exact) mass is 285 g/mol. The molecule has 0 saturated heterocycles. The van der Waals surface area contributed by atoms with E-state index < -0.39 is 0 Å². The summed E-state index contributed by atoms with van der Waals surface area (Å²) in [6.07, 6.45) is 8.21. The van der Waals surface area contributed by atoms with Gasteiger partial charge in [0.2, 0.25) is 0 Å². The lowest BCUT2D eigenvalue weighted by Gasteiger charge is -2.28. The predicted molar refractivity (Wildman–Crippen MR) is 83.7 cm³/mol. The minimum Gasteiger partial charge on any atom is -0.338 e. The smallest absolute Gasteiger partial charge is 0.0797 e. The van der Waals surface area contributed by atoms with Crippen LogP contribution in [0.5, 0.6) is 0 Å². The Hall–Kier alpha value is -2.00. The summed E-state index contributed by atoms with van der Waals surface area (Å²) >= 11 is 6.08. The average molecular weight is 286 g/mol. The van der Waals surface area contributed by atoms with Crippen LogP contribution in [-0.4, -0.2) is 16.3 Å². The van der Waals surface area contributed by atoms with Gasteiger partial charge in [0.1, 0.15) is 0 Å². The molecule has 0 amide bonds. The number of hydrogen-bond acceptors (Lipinski definition) is 2. The number of allylic oxidation sites excluding steroid dienone is 3. The highest BCUT2D eigenvalue weighted by atomic mass is 35.5. The second-order valence-electron chi connectivity index (χ2n) is 4.97. The summed E-state index contributed by atoms with van der Waals surface area (Å²) in [5.74, 6) is 0. The Morgan fingerprint density at radius 1 is 1.25 bits per heavy atom. The fourth-order valence-electron chi connectivity index (χ4n) is 2.38. The fourth-order valence-corrected chi connectivity index (χ4v) is 2.57. The van der Waals surface area contributed by atoms with E-state index in [1.54, 1.807) is 0 Å². The van der Waals surface area contributed by atoms with Crippen molar-refractivity contribution in [3.63, 3.8) is 0 Å². The van der Waals surface area contributed by atoms with Gasteiger partial charge in [0.05, 0.1) is 11.9 Å². The molecule has 1 aliphatic rings. The fraction of sp³-hybridized carbons (Fsp3) is 0.188. The summed E-state index contributed by atoms with van der Waals surface area (Å²) in [5.41, 5.74) is 4.73. The zero-order valence-electron chi connectivity index (χ0n) is 11.5. The first-order valence-corrected chi connectivity index (χ1v) is 6.91. The van der Waals surface area contributed by atoms with Gasteiger partial charge in [-0.25, -0.2) is 0 Å². The molecule has 0 atom stereocenters. The third kappa shape index (κ3) is 2.49. The lowest BCUT2D eigenvalue weighted by atomic mass is 10.0. The normalized spacial score (nSPS) is 15.1.